The molecule has 2 aromatic heterocycles. The summed E-state index contributed by atoms with van der Waals surface area (Å²) >= 11 is 1.46. The van der Waals surface area contributed by atoms with Crippen molar-refractivity contribution in [3.05, 3.63) is 70.0 Å². The number of hydrogen-bond acceptors (Lipinski definition) is 5. The molecule has 2 heterocycles. The van der Waals surface area contributed by atoms with Crippen LogP contribution in [0.25, 0.3) is 21.1 Å². The van der Waals surface area contributed by atoms with Crippen molar-refractivity contribution < 1.29 is 13.2 Å². The van der Waals surface area contributed by atoms with Crippen molar-refractivity contribution >= 4 is 48.3 Å². The van der Waals surface area contributed by atoms with Gasteiger partial charge in [0.25, 0.3) is 0 Å². The molecule has 4 aromatic rings. The molecule has 0 spiro atoms. The summed E-state index contributed by atoms with van der Waals surface area (Å²) in [7, 11) is -3.86. The van der Waals surface area contributed by atoms with Crippen LogP contribution in [-0.4, -0.2) is 28.0 Å². The first-order chi connectivity index (χ1) is 13.3. The second kappa shape index (κ2) is 6.72. The largest absolute Gasteiger partial charge is 0.343 e. The van der Waals surface area contributed by atoms with Crippen LogP contribution in [0.5, 0.6) is 0 Å². The Labute approximate surface area is 165 Å². The first-order valence-electron chi connectivity index (χ1n) is 8.76. The Morgan fingerprint density at radius 3 is 2.39 bits per heavy atom. The minimum atomic E-state index is -3.86. The highest BCUT2D eigenvalue weighted by atomic mass is 32.2. The Morgan fingerprint density at radius 1 is 1.04 bits per heavy atom. The molecule has 6 nitrogen and oxygen atoms in total. The molecule has 0 aliphatic heterocycles. The Hall–Kier alpha value is -2.71. The lowest BCUT2D eigenvalue weighted by Gasteiger charge is -2.08. The van der Waals surface area contributed by atoms with Crippen LogP contribution >= 0.6 is 11.3 Å². The zero-order valence-electron chi connectivity index (χ0n) is 15.3. The van der Waals surface area contributed by atoms with E-state index in [4.69, 9.17) is 0 Å². The van der Waals surface area contributed by atoms with Crippen molar-refractivity contribution in [1.29, 1.82) is 0 Å². The van der Waals surface area contributed by atoms with Crippen molar-refractivity contribution in [2.45, 2.75) is 25.6 Å². The molecule has 0 atom stereocenters. The standard InChI is InChI=1S/C20H18N2O4S2/c1-13(2)28(25,26)22-17-9-5-4-8-16(17)21(20(22)24)11-18(23)15-12-27-19-10-6-3-7-14(15)19/h3-10,12-13H,11H2,1-2H3. The second-order valence-electron chi connectivity index (χ2n) is 6.78. The minimum Gasteiger partial charge on any atom is -0.292 e. The SMILES string of the molecule is CC(C)S(=O)(=O)n1c(=O)n(CC(=O)c2csc3ccccc23)c2ccccc21. The van der Waals surface area contributed by atoms with E-state index in [9.17, 15) is 18.0 Å². The van der Waals surface area contributed by atoms with E-state index in [2.05, 4.69) is 0 Å². The highest BCUT2D eigenvalue weighted by Gasteiger charge is 2.27. The first kappa shape index (κ1) is 18.6. The number of carbonyl (C=O) groups excluding carboxylic acids is 1. The molecule has 0 unspecified atom stereocenters. The smallest absolute Gasteiger partial charge is 0.292 e. The number of imidazole rings is 1. The fourth-order valence-corrected chi connectivity index (χ4v) is 5.34. The van der Waals surface area contributed by atoms with E-state index >= 15 is 0 Å². The third-order valence-corrected chi connectivity index (χ3v) is 7.75. The van der Waals surface area contributed by atoms with E-state index in [1.54, 1.807) is 29.6 Å². The van der Waals surface area contributed by atoms with Gasteiger partial charge in [-0.25, -0.2) is 13.2 Å². The predicted molar refractivity (Wildman–Crippen MR) is 112 cm³/mol. The molecule has 8 heteroatoms. The zero-order valence-corrected chi connectivity index (χ0v) is 17.0. The first-order valence-corrected chi connectivity index (χ1v) is 11.1. The molecule has 0 saturated carbocycles. The van der Waals surface area contributed by atoms with Crippen LogP contribution in [0.1, 0.15) is 24.2 Å². The lowest BCUT2D eigenvalue weighted by Crippen LogP contribution is -2.34. The summed E-state index contributed by atoms with van der Waals surface area (Å²) in [4.78, 5) is 26.0. The van der Waals surface area contributed by atoms with E-state index in [1.807, 2.05) is 24.3 Å². The summed E-state index contributed by atoms with van der Waals surface area (Å²) in [6.07, 6.45) is 0. The average molecular weight is 415 g/mol. The number of thiophene rings is 1. The number of nitrogens with zero attached hydrogens (tertiary/aromatic N) is 2. The minimum absolute atomic E-state index is 0.222. The Kier molecular flexibility index (Phi) is 4.47. The summed E-state index contributed by atoms with van der Waals surface area (Å²) in [5.41, 5.74) is 0.521. The molecule has 144 valence electrons. The number of hydrogen-bond donors (Lipinski definition) is 0. The lowest BCUT2D eigenvalue weighted by molar-refractivity contribution is 0.0974. The summed E-state index contributed by atoms with van der Waals surface area (Å²) in [5, 5.41) is 1.85. The average Bonchev–Trinajstić information content (AvgIpc) is 3.21. The van der Waals surface area contributed by atoms with Gasteiger partial charge < -0.3 is 0 Å². The van der Waals surface area contributed by atoms with Gasteiger partial charge in [0.05, 0.1) is 22.8 Å². The molecule has 0 aliphatic carbocycles. The number of rotatable bonds is 5. The van der Waals surface area contributed by atoms with Gasteiger partial charge >= 0.3 is 5.69 Å². The molecule has 0 amide bonds. The number of benzene rings is 2. The van der Waals surface area contributed by atoms with Crippen LogP contribution < -0.4 is 5.69 Å². The molecule has 0 fully saturated rings. The number of aromatic nitrogens is 2. The molecule has 0 aliphatic rings. The normalized spacial score (nSPS) is 12.2. The quantitative estimate of drug-likeness (QED) is 0.469. The topological polar surface area (TPSA) is 78.1 Å². The van der Waals surface area contributed by atoms with Crippen LogP contribution in [0.2, 0.25) is 0 Å². The molecule has 2 aromatic carbocycles. The Morgan fingerprint density at radius 2 is 1.68 bits per heavy atom. The monoisotopic (exact) mass is 414 g/mol. The van der Waals surface area contributed by atoms with Crippen molar-refractivity contribution in [3.63, 3.8) is 0 Å². The van der Waals surface area contributed by atoms with E-state index in [0.717, 1.165) is 14.1 Å². The number of fused-ring (bicyclic) bond motifs is 2. The number of para-hydroxylation sites is 2. The predicted octanol–water partition coefficient (Wildman–Crippen LogP) is 3.49. The summed E-state index contributed by atoms with van der Waals surface area (Å²) in [6.45, 7) is 2.83. The molecular weight excluding hydrogens is 396 g/mol. The number of Topliss-reactive ketones (excluding diaryl/α,β-unsaturated/α-hetero) is 1. The summed E-state index contributed by atoms with van der Waals surface area (Å²) in [6, 6.07) is 14.2. The van der Waals surface area contributed by atoms with E-state index in [0.29, 0.717) is 11.1 Å². The molecule has 4 rings (SSSR count). The van der Waals surface area contributed by atoms with E-state index in [-0.39, 0.29) is 17.8 Å². The molecule has 0 bridgehead atoms. The van der Waals surface area contributed by atoms with Crippen molar-refractivity contribution in [1.82, 2.24) is 8.54 Å². The van der Waals surface area contributed by atoms with Crippen LogP contribution in [0.15, 0.2) is 58.7 Å². The third kappa shape index (κ3) is 2.80. The van der Waals surface area contributed by atoms with Gasteiger partial charge in [-0.15, -0.1) is 11.3 Å². The van der Waals surface area contributed by atoms with Gasteiger partial charge in [-0.2, -0.15) is 3.97 Å². The maximum absolute atomic E-state index is 13.0. The molecular formula is C20H18N2O4S2. The van der Waals surface area contributed by atoms with Crippen molar-refractivity contribution in [3.8, 4) is 0 Å². The Bertz CT molecular complexity index is 1370. The van der Waals surface area contributed by atoms with Crippen molar-refractivity contribution in [2.24, 2.45) is 0 Å². The fourth-order valence-electron chi connectivity index (χ4n) is 3.21. The summed E-state index contributed by atoms with van der Waals surface area (Å²) < 4.78 is 28.5. The zero-order chi connectivity index (χ0) is 20.1. The van der Waals surface area contributed by atoms with Crippen LogP contribution in [-0.2, 0) is 16.6 Å². The van der Waals surface area contributed by atoms with Gasteiger partial charge in [0.15, 0.2) is 5.78 Å². The highest BCUT2D eigenvalue weighted by molar-refractivity contribution is 7.90. The second-order valence-corrected chi connectivity index (χ2v) is 10.0. The van der Waals surface area contributed by atoms with Gasteiger partial charge in [0, 0.05) is 21.0 Å². The number of carbonyl (C=O) groups is 1. The molecule has 0 radical (unpaired) electrons. The molecule has 0 saturated heterocycles. The third-order valence-electron chi connectivity index (χ3n) is 4.73. The van der Waals surface area contributed by atoms with Gasteiger partial charge in [-0.05, 0) is 32.0 Å². The van der Waals surface area contributed by atoms with Crippen LogP contribution in [0.4, 0.5) is 0 Å². The maximum atomic E-state index is 13.0. The van der Waals surface area contributed by atoms with Gasteiger partial charge in [-0.3, -0.25) is 9.36 Å². The fraction of sp³-hybridized carbons (Fsp3) is 0.200. The highest BCUT2D eigenvalue weighted by Crippen LogP contribution is 2.26. The van der Waals surface area contributed by atoms with Gasteiger partial charge in [0.1, 0.15) is 0 Å². The maximum Gasteiger partial charge on any atom is 0.343 e. The number of ketones is 1. The van der Waals surface area contributed by atoms with E-state index < -0.39 is 21.0 Å². The van der Waals surface area contributed by atoms with Crippen LogP contribution in [0, 0.1) is 0 Å². The van der Waals surface area contributed by atoms with Crippen molar-refractivity contribution in [2.75, 3.05) is 0 Å². The molecule has 0 N–H and O–H groups in total. The lowest BCUT2D eigenvalue weighted by atomic mass is 10.1. The van der Waals surface area contributed by atoms with E-state index in [1.165, 1.54) is 29.8 Å². The summed E-state index contributed by atoms with van der Waals surface area (Å²) in [5.74, 6) is -0.232. The van der Waals surface area contributed by atoms with Gasteiger partial charge in [-0.1, -0.05) is 30.3 Å². The van der Waals surface area contributed by atoms with Gasteiger partial charge in [0.2, 0.25) is 10.0 Å². The Balaban J connectivity index is 1.87. The van der Waals surface area contributed by atoms with Crippen LogP contribution in [0.3, 0.4) is 0 Å². The molecule has 28 heavy (non-hydrogen) atoms.